The molecule has 0 saturated heterocycles. The van der Waals surface area contributed by atoms with Crippen LogP contribution in [0.4, 0.5) is 0 Å². The van der Waals surface area contributed by atoms with Crippen molar-refractivity contribution in [1.29, 1.82) is 0 Å². The maximum Gasteiger partial charge on any atom is 0.143 e. The molecule has 0 radical (unpaired) electrons. The monoisotopic (exact) mass is 437 g/mol. The summed E-state index contributed by atoms with van der Waals surface area (Å²) >= 11 is 8.07. The van der Waals surface area contributed by atoms with E-state index in [4.69, 9.17) is 16.6 Å². The number of aryl methyl sites for hydroxylation is 2. The Morgan fingerprint density at radius 2 is 2.07 bits per heavy atom. The van der Waals surface area contributed by atoms with Gasteiger partial charge in [0.1, 0.15) is 28.3 Å². The number of nitrogens with zero attached hydrogens (tertiary/aromatic N) is 5. The highest BCUT2D eigenvalue weighted by molar-refractivity contribution is 7.18. The minimum atomic E-state index is 0.144. The molecule has 1 aliphatic carbocycles. The van der Waals surface area contributed by atoms with Crippen LogP contribution in [0.1, 0.15) is 46.3 Å². The maximum absolute atomic E-state index is 12.9. The van der Waals surface area contributed by atoms with Crippen LogP contribution in [0.5, 0.6) is 0 Å². The first-order valence-electron chi connectivity index (χ1n) is 9.91. The lowest BCUT2D eigenvalue weighted by Gasteiger charge is -2.10. The molecule has 1 aromatic carbocycles. The van der Waals surface area contributed by atoms with E-state index in [0.29, 0.717) is 23.8 Å². The molecule has 1 aliphatic rings. The van der Waals surface area contributed by atoms with Gasteiger partial charge in [-0.05, 0) is 61.4 Å². The van der Waals surface area contributed by atoms with E-state index in [1.807, 2.05) is 38.2 Å². The molecule has 30 heavy (non-hydrogen) atoms. The SMILES string of the molecule is Cc1nc2c(C3CC3)c(CC(=O)Cc3ccc(-n4ncnc4C)c(Cl)c3)cnc2s1. The van der Waals surface area contributed by atoms with Gasteiger partial charge in [-0.25, -0.2) is 19.6 Å². The molecular weight excluding hydrogens is 418 g/mol. The van der Waals surface area contributed by atoms with Crippen molar-refractivity contribution in [2.45, 2.75) is 45.4 Å². The molecule has 0 bridgehead atoms. The number of Topliss-reactive ketones (excluding diaryl/α,β-unsaturated/α-hetero) is 1. The largest absolute Gasteiger partial charge is 0.299 e. The number of ketones is 1. The average Bonchev–Trinajstić information content (AvgIpc) is 3.33. The molecule has 0 N–H and O–H groups in total. The van der Waals surface area contributed by atoms with Gasteiger partial charge in [-0.1, -0.05) is 29.0 Å². The fraction of sp³-hybridized carbons (Fsp3) is 0.318. The molecule has 6 nitrogen and oxygen atoms in total. The van der Waals surface area contributed by atoms with Crippen molar-refractivity contribution >= 4 is 39.1 Å². The standard InChI is InChI=1S/C22H20ClN5OS/c1-12-25-11-26-28(12)19-6-3-14(8-18(19)23)7-17(29)9-16-10-24-22-21(27-13(2)30-22)20(16)15-4-5-15/h3,6,8,10-11,15H,4-5,7,9H2,1-2H3. The number of fused-ring (bicyclic) bond motifs is 1. The van der Waals surface area contributed by atoms with E-state index < -0.39 is 0 Å². The molecule has 3 heterocycles. The van der Waals surface area contributed by atoms with Crippen LogP contribution in [0, 0.1) is 13.8 Å². The lowest BCUT2D eigenvalue weighted by Crippen LogP contribution is -2.09. The van der Waals surface area contributed by atoms with Crippen LogP contribution in [0.25, 0.3) is 16.0 Å². The molecule has 0 unspecified atom stereocenters. The highest BCUT2D eigenvalue weighted by Gasteiger charge is 2.30. The summed E-state index contributed by atoms with van der Waals surface area (Å²) in [5, 5.41) is 5.76. The molecule has 0 spiro atoms. The summed E-state index contributed by atoms with van der Waals surface area (Å²) in [7, 11) is 0. The maximum atomic E-state index is 12.9. The zero-order valence-electron chi connectivity index (χ0n) is 16.7. The highest BCUT2D eigenvalue weighted by atomic mass is 35.5. The number of halogens is 1. The van der Waals surface area contributed by atoms with Gasteiger partial charge in [-0.15, -0.1) is 0 Å². The zero-order valence-corrected chi connectivity index (χ0v) is 18.3. The van der Waals surface area contributed by atoms with Gasteiger partial charge in [-0.2, -0.15) is 5.10 Å². The van der Waals surface area contributed by atoms with E-state index in [0.717, 1.165) is 50.8 Å². The van der Waals surface area contributed by atoms with Gasteiger partial charge in [-0.3, -0.25) is 4.79 Å². The minimum Gasteiger partial charge on any atom is -0.299 e. The summed E-state index contributed by atoms with van der Waals surface area (Å²) in [6.07, 6.45) is 6.39. The first-order valence-corrected chi connectivity index (χ1v) is 11.1. The number of carbonyl (C=O) groups is 1. The molecule has 4 aromatic rings. The van der Waals surface area contributed by atoms with Crippen LogP contribution in [-0.2, 0) is 17.6 Å². The highest BCUT2D eigenvalue weighted by Crippen LogP contribution is 2.45. The predicted octanol–water partition coefficient (Wildman–Crippen LogP) is 4.77. The number of aromatic nitrogens is 5. The third kappa shape index (κ3) is 3.63. The zero-order chi connectivity index (χ0) is 20.8. The van der Waals surface area contributed by atoms with E-state index in [1.54, 1.807) is 16.0 Å². The lowest BCUT2D eigenvalue weighted by molar-refractivity contribution is -0.117. The van der Waals surface area contributed by atoms with Crippen molar-refractivity contribution in [2.75, 3.05) is 0 Å². The first kappa shape index (κ1) is 19.3. The van der Waals surface area contributed by atoms with Crippen molar-refractivity contribution < 1.29 is 4.79 Å². The molecule has 1 fully saturated rings. The summed E-state index contributed by atoms with van der Waals surface area (Å²) < 4.78 is 1.69. The van der Waals surface area contributed by atoms with E-state index in [9.17, 15) is 4.79 Å². The molecule has 152 valence electrons. The minimum absolute atomic E-state index is 0.144. The fourth-order valence-corrected chi connectivity index (χ4v) is 4.93. The summed E-state index contributed by atoms with van der Waals surface area (Å²) in [6.45, 7) is 3.87. The number of pyridine rings is 1. The quantitative estimate of drug-likeness (QED) is 0.434. The Morgan fingerprint density at radius 1 is 1.23 bits per heavy atom. The number of hydrogen-bond acceptors (Lipinski definition) is 6. The van der Waals surface area contributed by atoms with Crippen LogP contribution in [0.3, 0.4) is 0 Å². The lowest BCUT2D eigenvalue weighted by atomic mass is 9.97. The number of hydrogen-bond donors (Lipinski definition) is 0. The Bertz CT molecular complexity index is 1270. The van der Waals surface area contributed by atoms with E-state index in [-0.39, 0.29) is 5.78 Å². The third-order valence-electron chi connectivity index (χ3n) is 5.39. The summed E-state index contributed by atoms with van der Waals surface area (Å²) in [6, 6.07) is 5.64. The second kappa shape index (κ2) is 7.56. The molecular formula is C22H20ClN5OS. The van der Waals surface area contributed by atoms with Crippen LogP contribution in [-0.4, -0.2) is 30.5 Å². The van der Waals surface area contributed by atoms with Gasteiger partial charge in [0.25, 0.3) is 0 Å². The summed E-state index contributed by atoms with van der Waals surface area (Å²) in [4.78, 5) is 27.2. The number of benzene rings is 1. The molecule has 3 aromatic heterocycles. The van der Waals surface area contributed by atoms with Crippen LogP contribution in [0.2, 0.25) is 5.02 Å². The molecule has 0 amide bonds. The number of rotatable bonds is 6. The molecule has 5 rings (SSSR count). The molecule has 0 aliphatic heterocycles. The Labute approximate surface area is 183 Å². The smallest absolute Gasteiger partial charge is 0.143 e. The van der Waals surface area contributed by atoms with Crippen LogP contribution in [0.15, 0.2) is 30.7 Å². The second-order valence-corrected chi connectivity index (χ2v) is 9.34. The van der Waals surface area contributed by atoms with Gasteiger partial charge in [0.05, 0.1) is 15.7 Å². The third-order valence-corrected chi connectivity index (χ3v) is 6.57. The van der Waals surface area contributed by atoms with E-state index in [2.05, 4.69) is 15.1 Å². The topological polar surface area (TPSA) is 73.6 Å². The summed E-state index contributed by atoms with van der Waals surface area (Å²) in [5.41, 5.74) is 4.88. The van der Waals surface area contributed by atoms with E-state index >= 15 is 0 Å². The van der Waals surface area contributed by atoms with Gasteiger partial charge < -0.3 is 0 Å². The summed E-state index contributed by atoms with van der Waals surface area (Å²) in [5.74, 6) is 1.42. The van der Waals surface area contributed by atoms with Gasteiger partial charge in [0, 0.05) is 19.0 Å². The van der Waals surface area contributed by atoms with Crippen molar-refractivity contribution in [3.63, 3.8) is 0 Å². The van der Waals surface area contributed by atoms with Crippen molar-refractivity contribution in [3.05, 3.63) is 63.3 Å². The second-order valence-electron chi connectivity index (χ2n) is 7.76. The normalized spacial score (nSPS) is 13.8. The Balaban J connectivity index is 1.37. The fourth-order valence-electron chi connectivity index (χ4n) is 3.88. The molecule has 1 saturated carbocycles. The first-order chi connectivity index (χ1) is 14.5. The van der Waals surface area contributed by atoms with Crippen molar-refractivity contribution in [2.24, 2.45) is 0 Å². The van der Waals surface area contributed by atoms with Gasteiger partial charge in [0.15, 0.2) is 0 Å². The Kier molecular flexibility index (Phi) is 4.87. The molecule has 8 heteroatoms. The number of carbonyl (C=O) groups excluding carboxylic acids is 1. The van der Waals surface area contributed by atoms with Crippen molar-refractivity contribution in [1.82, 2.24) is 24.7 Å². The average molecular weight is 438 g/mol. The number of thiazole rings is 1. The predicted molar refractivity (Wildman–Crippen MR) is 118 cm³/mol. The Hall–Kier alpha value is -2.64. The van der Waals surface area contributed by atoms with Crippen molar-refractivity contribution in [3.8, 4) is 5.69 Å². The molecule has 0 atom stereocenters. The van der Waals surface area contributed by atoms with Gasteiger partial charge in [0.2, 0.25) is 0 Å². The van der Waals surface area contributed by atoms with Gasteiger partial charge >= 0.3 is 0 Å². The van der Waals surface area contributed by atoms with Crippen LogP contribution >= 0.6 is 22.9 Å². The Morgan fingerprint density at radius 3 is 2.77 bits per heavy atom. The van der Waals surface area contributed by atoms with E-state index in [1.165, 1.54) is 11.9 Å². The van der Waals surface area contributed by atoms with Crippen LogP contribution < -0.4 is 0 Å².